The van der Waals surface area contributed by atoms with E-state index < -0.39 is 5.97 Å². The van der Waals surface area contributed by atoms with Gasteiger partial charge in [0, 0.05) is 30.2 Å². The van der Waals surface area contributed by atoms with E-state index in [0.717, 1.165) is 10.4 Å². The van der Waals surface area contributed by atoms with Gasteiger partial charge in [0.05, 0.1) is 13.3 Å². The Morgan fingerprint density at radius 1 is 1.61 bits per heavy atom. The highest BCUT2D eigenvalue weighted by molar-refractivity contribution is 7.15. The topological polar surface area (TPSA) is 69.0 Å². The molecule has 1 N–H and O–H groups in total. The van der Waals surface area contributed by atoms with Crippen molar-refractivity contribution in [2.75, 3.05) is 12.4 Å². The van der Waals surface area contributed by atoms with E-state index >= 15 is 0 Å². The fourth-order valence-electron chi connectivity index (χ4n) is 1.50. The number of carbonyl (C=O) groups is 1. The van der Waals surface area contributed by atoms with Crippen molar-refractivity contribution in [2.45, 2.75) is 13.5 Å². The molecule has 18 heavy (non-hydrogen) atoms. The van der Waals surface area contributed by atoms with E-state index in [1.807, 2.05) is 20.2 Å². The van der Waals surface area contributed by atoms with Gasteiger partial charge in [-0.15, -0.1) is 11.3 Å². The molecular formula is C11H14N4O2S. The molecule has 0 bridgehead atoms. The first-order valence-corrected chi connectivity index (χ1v) is 6.19. The van der Waals surface area contributed by atoms with E-state index in [4.69, 9.17) is 0 Å². The molecule has 0 spiro atoms. The normalized spacial score (nSPS) is 10.4. The Hall–Kier alpha value is -1.89. The molecule has 0 atom stereocenters. The number of aromatic nitrogens is 3. The minimum absolute atomic E-state index is 0.371. The van der Waals surface area contributed by atoms with E-state index in [0.29, 0.717) is 17.4 Å². The van der Waals surface area contributed by atoms with Crippen LogP contribution in [0.15, 0.2) is 12.4 Å². The molecule has 0 aliphatic heterocycles. The second-order valence-electron chi connectivity index (χ2n) is 3.79. The van der Waals surface area contributed by atoms with Gasteiger partial charge in [-0.3, -0.25) is 4.68 Å². The van der Waals surface area contributed by atoms with Gasteiger partial charge in [0.2, 0.25) is 0 Å². The molecular weight excluding hydrogens is 252 g/mol. The van der Waals surface area contributed by atoms with Gasteiger partial charge >= 0.3 is 5.97 Å². The number of thiazole rings is 1. The average molecular weight is 266 g/mol. The summed E-state index contributed by atoms with van der Waals surface area (Å²) in [5.74, 6) is -0.404. The van der Waals surface area contributed by atoms with Gasteiger partial charge in [-0.2, -0.15) is 5.10 Å². The van der Waals surface area contributed by atoms with Crippen molar-refractivity contribution >= 4 is 22.4 Å². The molecule has 0 radical (unpaired) electrons. The van der Waals surface area contributed by atoms with Crippen LogP contribution in [0.5, 0.6) is 0 Å². The molecule has 2 heterocycles. The molecule has 2 aromatic heterocycles. The first kappa shape index (κ1) is 12.6. The highest BCUT2D eigenvalue weighted by Gasteiger charge is 2.15. The fourth-order valence-corrected chi connectivity index (χ4v) is 2.30. The van der Waals surface area contributed by atoms with Crippen LogP contribution in [-0.2, 0) is 18.3 Å². The van der Waals surface area contributed by atoms with E-state index in [2.05, 4.69) is 20.1 Å². The third-order valence-corrected chi connectivity index (χ3v) is 3.31. The zero-order chi connectivity index (χ0) is 13.1. The van der Waals surface area contributed by atoms with Crippen molar-refractivity contribution < 1.29 is 9.53 Å². The zero-order valence-electron chi connectivity index (χ0n) is 10.4. The van der Waals surface area contributed by atoms with Crippen LogP contribution in [0, 0.1) is 6.92 Å². The SMILES string of the molecule is COC(=O)c1nc(NCc2cnn(C)c2)sc1C. The van der Waals surface area contributed by atoms with Crippen molar-refractivity contribution in [1.29, 1.82) is 0 Å². The Bertz CT molecular complexity index is 561. The van der Waals surface area contributed by atoms with Crippen molar-refractivity contribution in [3.8, 4) is 0 Å². The molecule has 6 nitrogen and oxygen atoms in total. The van der Waals surface area contributed by atoms with Gasteiger partial charge in [0.1, 0.15) is 0 Å². The van der Waals surface area contributed by atoms with E-state index in [1.54, 1.807) is 10.9 Å². The van der Waals surface area contributed by atoms with Crippen LogP contribution in [0.25, 0.3) is 0 Å². The minimum Gasteiger partial charge on any atom is -0.464 e. The number of carbonyl (C=O) groups excluding carboxylic acids is 1. The number of aryl methyl sites for hydroxylation is 2. The monoisotopic (exact) mass is 266 g/mol. The van der Waals surface area contributed by atoms with Crippen LogP contribution in [-0.4, -0.2) is 27.8 Å². The lowest BCUT2D eigenvalue weighted by atomic mass is 10.4. The maximum absolute atomic E-state index is 11.4. The molecule has 0 saturated heterocycles. The molecule has 0 aliphatic rings. The maximum atomic E-state index is 11.4. The molecule has 0 fully saturated rings. The van der Waals surface area contributed by atoms with Gasteiger partial charge in [-0.05, 0) is 6.92 Å². The van der Waals surface area contributed by atoms with Gasteiger partial charge in [0.15, 0.2) is 10.8 Å². The lowest BCUT2D eigenvalue weighted by Crippen LogP contribution is -2.04. The number of nitrogens with one attached hydrogen (secondary N) is 1. The van der Waals surface area contributed by atoms with Crippen LogP contribution in [0.2, 0.25) is 0 Å². The quantitative estimate of drug-likeness (QED) is 0.851. The largest absolute Gasteiger partial charge is 0.464 e. The molecule has 0 aliphatic carbocycles. The number of nitrogens with zero attached hydrogens (tertiary/aromatic N) is 3. The Balaban J connectivity index is 2.04. The number of anilines is 1. The van der Waals surface area contributed by atoms with Crippen molar-refractivity contribution in [3.63, 3.8) is 0 Å². The van der Waals surface area contributed by atoms with Crippen molar-refractivity contribution in [3.05, 3.63) is 28.5 Å². The van der Waals surface area contributed by atoms with Gasteiger partial charge in [0.25, 0.3) is 0 Å². The number of hydrogen-bond donors (Lipinski definition) is 1. The maximum Gasteiger partial charge on any atom is 0.357 e. The predicted molar refractivity (Wildman–Crippen MR) is 68.7 cm³/mol. The lowest BCUT2D eigenvalue weighted by Gasteiger charge is -1.98. The molecule has 2 aromatic rings. The predicted octanol–water partition coefficient (Wildman–Crippen LogP) is 1.58. The summed E-state index contributed by atoms with van der Waals surface area (Å²) < 4.78 is 6.40. The van der Waals surface area contributed by atoms with E-state index in [9.17, 15) is 4.79 Å². The number of hydrogen-bond acceptors (Lipinski definition) is 6. The molecule has 0 aromatic carbocycles. The summed E-state index contributed by atoms with van der Waals surface area (Å²) in [7, 11) is 3.22. The standard InChI is InChI=1S/C11H14N4O2S/c1-7-9(10(16)17-3)14-11(18-7)12-4-8-5-13-15(2)6-8/h5-6H,4H2,1-3H3,(H,12,14). The number of methoxy groups -OCH3 is 1. The molecule has 0 unspecified atom stereocenters. The highest BCUT2D eigenvalue weighted by Crippen LogP contribution is 2.23. The smallest absolute Gasteiger partial charge is 0.357 e. The molecule has 7 heteroatoms. The summed E-state index contributed by atoms with van der Waals surface area (Å²) >= 11 is 1.43. The van der Waals surface area contributed by atoms with Crippen molar-refractivity contribution in [1.82, 2.24) is 14.8 Å². The molecule has 0 amide bonds. The first-order valence-electron chi connectivity index (χ1n) is 5.37. The third kappa shape index (κ3) is 2.67. The summed E-state index contributed by atoms with van der Waals surface area (Å²) in [6.45, 7) is 2.47. The zero-order valence-corrected chi connectivity index (χ0v) is 11.2. The Morgan fingerprint density at radius 2 is 2.39 bits per heavy atom. The Morgan fingerprint density at radius 3 is 3.00 bits per heavy atom. The molecule has 96 valence electrons. The average Bonchev–Trinajstić information content (AvgIpc) is 2.92. The van der Waals surface area contributed by atoms with Crippen molar-refractivity contribution in [2.24, 2.45) is 7.05 Å². The van der Waals surface area contributed by atoms with Crippen LogP contribution in [0.3, 0.4) is 0 Å². The van der Waals surface area contributed by atoms with Gasteiger partial charge in [-0.1, -0.05) is 0 Å². The number of ether oxygens (including phenoxy) is 1. The van der Waals surface area contributed by atoms with E-state index in [-0.39, 0.29) is 0 Å². The van der Waals surface area contributed by atoms with Crippen LogP contribution < -0.4 is 5.32 Å². The molecule has 2 rings (SSSR count). The Kier molecular flexibility index (Phi) is 3.61. The summed E-state index contributed by atoms with van der Waals surface area (Å²) in [5, 5.41) is 7.94. The van der Waals surface area contributed by atoms with Crippen LogP contribution in [0.4, 0.5) is 5.13 Å². The lowest BCUT2D eigenvalue weighted by molar-refractivity contribution is 0.0594. The number of esters is 1. The number of rotatable bonds is 4. The van der Waals surface area contributed by atoms with Gasteiger partial charge in [-0.25, -0.2) is 9.78 Å². The first-order chi connectivity index (χ1) is 8.60. The van der Waals surface area contributed by atoms with Crippen LogP contribution in [0.1, 0.15) is 20.9 Å². The van der Waals surface area contributed by atoms with Crippen LogP contribution >= 0.6 is 11.3 Å². The summed E-state index contributed by atoms with van der Waals surface area (Å²) in [6.07, 6.45) is 3.71. The second-order valence-corrected chi connectivity index (χ2v) is 4.99. The Labute approximate surface area is 109 Å². The van der Waals surface area contributed by atoms with E-state index in [1.165, 1.54) is 18.4 Å². The summed E-state index contributed by atoms with van der Waals surface area (Å²) in [4.78, 5) is 16.5. The fraction of sp³-hybridized carbons (Fsp3) is 0.364. The summed E-state index contributed by atoms with van der Waals surface area (Å²) in [6, 6.07) is 0. The highest BCUT2D eigenvalue weighted by atomic mass is 32.1. The minimum atomic E-state index is -0.404. The second kappa shape index (κ2) is 5.18. The molecule has 0 saturated carbocycles. The third-order valence-electron chi connectivity index (χ3n) is 2.38. The van der Waals surface area contributed by atoms with Gasteiger partial charge < -0.3 is 10.1 Å². The summed E-state index contributed by atoms with van der Waals surface area (Å²) in [5.41, 5.74) is 1.43.